The molecule has 28 heavy (non-hydrogen) atoms. The Morgan fingerprint density at radius 2 is 0.964 bits per heavy atom. The van der Waals surface area contributed by atoms with E-state index in [9.17, 15) is 10.5 Å². The summed E-state index contributed by atoms with van der Waals surface area (Å²) >= 11 is 3.36. The Kier molecular flexibility index (Phi) is 14.8. The fraction of sp³-hybridized carbons (Fsp3) is 0.727. The molecule has 0 spiro atoms. The van der Waals surface area contributed by atoms with Crippen LogP contribution in [0.4, 0.5) is 0 Å². The zero-order chi connectivity index (χ0) is 20.5. The molecule has 154 valence electrons. The van der Waals surface area contributed by atoms with Gasteiger partial charge in [-0.25, -0.2) is 9.97 Å². The number of nitrogens with zero attached hydrogens (tertiary/aromatic N) is 4. The summed E-state index contributed by atoms with van der Waals surface area (Å²) in [5.74, 6) is 1.98. The van der Waals surface area contributed by atoms with Gasteiger partial charge in [-0.15, -0.1) is 23.5 Å². The van der Waals surface area contributed by atoms with Gasteiger partial charge in [-0.1, -0.05) is 78.1 Å². The van der Waals surface area contributed by atoms with Gasteiger partial charge in [0.15, 0.2) is 11.4 Å². The Balaban J connectivity index is 2.55. The van der Waals surface area contributed by atoms with Gasteiger partial charge in [0, 0.05) is 0 Å². The van der Waals surface area contributed by atoms with Crippen molar-refractivity contribution in [3.05, 3.63) is 11.4 Å². The van der Waals surface area contributed by atoms with Crippen LogP contribution in [0.5, 0.6) is 0 Å². The minimum Gasteiger partial charge on any atom is -0.225 e. The lowest BCUT2D eigenvalue weighted by Gasteiger charge is -2.09. The Morgan fingerprint density at radius 1 is 0.607 bits per heavy atom. The van der Waals surface area contributed by atoms with Crippen molar-refractivity contribution in [2.75, 3.05) is 11.5 Å². The number of aromatic nitrogens is 2. The van der Waals surface area contributed by atoms with Crippen LogP contribution in [0.15, 0.2) is 10.1 Å². The molecule has 1 heterocycles. The Labute approximate surface area is 179 Å². The minimum absolute atomic E-state index is 0.150. The first-order valence-corrected chi connectivity index (χ1v) is 12.7. The Morgan fingerprint density at radius 3 is 1.32 bits per heavy atom. The number of hydrogen-bond donors (Lipinski definition) is 0. The summed E-state index contributed by atoms with van der Waals surface area (Å²) in [6.45, 7) is 4.47. The van der Waals surface area contributed by atoms with Crippen LogP contribution >= 0.6 is 23.5 Å². The average Bonchev–Trinajstić information content (AvgIpc) is 2.72. The number of unbranched alkanes of at least 4 members (excludes halogenated alkanes) is 10. The highest BCUT2D eigenvalue weighted by Gasteiger charge is 2.14. The highest BCUT2D eigenvalue weighted by atomic mass is 32.2. The van der Waals surface area contributed by atoms with E-state index in [1.54, 1.807) is 23.5 Å². The molecule has 0 saturated carbocycles. The summed E-state index contributed by atoms with van der Waals surface area (Å²) in [6.07, 6.45) is 15.2. The molecule has 0 radical (unpaired) electrons. The monoisotopic (exact) mass is 418 g/mol. The first-order valence-electron chi connectivity index (χ1n) is 10.7. The third kappa shape index (κ3) is 10.3. The topological polar surface area (TPSA) is 73.4 Å². The highest BCUT2D eigenvalue weighted by molar-refractivity contribution is 8.02. The third-order valence-electron chi connectivity index (χ3n) is 4.52. The average molecular weight is 419 g/mol. The fourth-order valence-corrected chi connectivity index (χ4v) is 4.94. The molecule has 4 nitrogen and oxygen atoms in total. The molecule has 0 aliphatic rings. The lowest BCUT2D eigenvalue weighted by atomic mass is 10.1. The van der Waals surface area contributed by atoms with E-state index in [1.807, 2.05) is 12.1 Å². The lowest BCUT2D eigenvalue weighted by molar-refractivity contribution is 0.626. The zero-order valence-electron chi connectivity index (χ0n) is 17.5. The number of thioether (sulfide) groups is 2. The lowest BCUT2D eigenvalue weighted by Crippen LogP contribution is -2.00. The maximum absolute atomic E-state index is 9.25. The van der Waals surface area contributed by atoms with Gasteiger partial charge in [0.25, 0.3) is 0 Å². The quantitative estimate of drug-likeness (QED) is 0.210. The molecule has 0 N–H and O–H groups in total. The molecule has 0 amide bonds. The van der Waals surface area contributed by atoms with Crippen LogP contribution in [0, 0.1) is 22.7 Å². The molecule has 6 heteroatoms. The van der Waals surface area contributed by atoms with Crippen molar-refractivity contribution in [2.45, 2.75) is 101 Å². The summed E-state index contributed by atoms with van der Waals surface area (Å²) in [5, 5.41) is 20.1. The summed E-state index contributed by atoms with van der Waals surface area (Å²) in [6, 6.07) is 4.03. The maximum Gasteiger partial charge on any atom is 0.178 e. The summed E-state index contributed by atoms with van der Waals surface area (Å²) in [4.78, 5) is 8.89. The van der Waals surface area contributed by atoms with Crippen LogP contribution in [-0.2, 0) is 0 Å². The van der Waals surface area contributed by atoms with Gasteiger partial charge < -0.3 is 0 Å². The Hall–Kier alpha value is -1.24. The third-order valence-corrected chi connectivity index (χ3v) is 6.75. The van der Waals surface area contributed by atoms with Crippen molar-refractivity contribution in [1.29, 1.82) is 10.5 Å². The van der Waals surface area contributed by atoms with Gasteiger partial charge in [0.2, 0.25) is 0 Å². The molecule has 0 aliphatic carbocycles. The van der Waals surface area contributed by atoms with Crippen LogP contribution in [0.25, 0.3) is 0 Å². The predicted molar refractivity (Wildman–Crippen MR) is 120 cm³/mol. The molecule has 0 bridgehead atoms. The van der Waals surface area contributed by atoms with Gasteiger partial charge in [0.05, 0.1) is 0 Å². The molecular weight excluding hydrogens is 384 g/mol. The van der Waals surface area contributed by atoms with Crippen LogP contribution in [-0.4, -0.2) is 21.5 Å². The predicted octanol–water partition coefficient (Wildman–Crippen LogP) is 7.13. The largest absolute Gasteiger partial charge is 0.225 e. The van der Waals surface area contributed by atoms with E-state index in [0.29, 0.717) is 0 Å². The van der Waals surface area contributed by atoms with Gasteiger partial charge in [-0.3, -0.25) is 0 Å². The van der Waals surface area contributed by atoms with Crippen molar-refractivity contribution < 1.29 is 0 Å². The minimum atomic E-state index is 0.150. The van der Waals surface area contributed by atoms with E-state index in [0.717, 1.165) is 34.4 Å². The van der Waals surface area contributed by atoms with Crippen molar-refractivity contribution in [1.82, 2.24) is 9.97 Å². The molecule has 0 aromatic carbocycles. The van der Waals surface area contributed by atoms with E-state index in [4.69, 9.17) is 0 Å². The summed E-state index contributed by atoms with van der Waals surface area (Å²) in [5.41, 5.74) is 0.300. The smallest absolute Gasteiger partial charge is 0.178 e. The van der Waals surface area contributed by atoms with E-state index in [2.05, 4.69) is 23.8 Å². The second-order valence-electron chi connectivity index (χ2n) is 6.99. The van der Waals surface area contributed by atoms with E-state index in [-0.39, 0.29) is 11.4 Å². The zero-order valence-corrected chi connectivity index (χ0v) is 19.1. The summed E-state index contributed by atoms with van der Waals surface area (Å²) in [7, 11) is 0. The van der Waals surface area contributed by atoms with Crippen molar-refractivity contribution in [3.8, 4) is 12.1 Å². The highest BCUT2D eigenvalue weighted by Crippen LogP contribution is 2.30. The van der Waals surface area contributed by atoms with E-state index < -0.39 is 0 Å². The van der Waals surface area contributed by atoms with Gasteiger partial charge in [-0.05, 0) is 24.3 Å². The van der Waals surface area contributed by atoms with E-state index >= 15 is 0 Å². The van der Waals surface area contributed by atoms with Crippen LogP contribution in [0.2, 0.25) is 0 Å². The molecular formula is C22H34N4S2. The van der Waals surface area contributed by atoms with Gasteiger partial charge in [-0.2, -0.15) is 10.5 Å². The first kappa shape index (κ1) is 24.8. The maximum atomic E-state index is 9.25. The normalized spacial score (nSPS) is 10.6. The van der Waals surface area contributed by atoms with Gasteiger partial charge >= 0.3 is 0 Å². The standard InChI is InChI=1S/C22H34N4S2/c1-3-5-7-9-11-13-15-27-21-22(26-20(18-24)19(17-23)25-21)28-16-14-12-10-8-6-4-2/h3-16H2,1-2H3. The van der Waals surface area contributed by atoms with Crippen LogP contribution < -0.4 is 0 Å². The van der Waals surface area contributed by atoms with E-state index in [1.165, 1.54) is 64.2 Å². The number of hydrogen-bond acceptors (Lipinski definition) is 6. The second-order valence-corrected chi connectivity index (χ2v) is 9.15. The van der Waals surface area contributed by atoms with Crippen molar-refractivity contribution in [3.63, 3.8) is 0 Å². The van der Waals surface area contributed by atoms with Crippen molar-refractivity contribution in [2.24, 2.45) is 0 Å². The molecule has 1 aromatic heterocycles. The SMILES string of the molecule is CCCCCCCCSc1nc(C#N)c(C#N)nc1SCCCCCCCC. The fourth-order valence-electron chi connectivity index (χ4n) is 2.85. The number of nitriles is 2. The molecule has 0 aliphatic heterocycles. The second kappa shape index (κ2) is 16.7. The molecule has 1 rings (SSSR count). The molecule has 0 atom stereocenters. The molecule has 0 saturated heterocycles. The molecule has 0 unspecified atom stereocenters. The molecule has 0 fully saturated rings. The number of rotatable bonds is 16. The summed E-state index contributed by atoms with van der Waals surface area (Å²) < 4.78 is 0. The van der Waals surface area contributed by atoms with Gasteiger partial charge in [0.1, 0.15) is 22.2 Å². The van der Waals surface area contributed by atoms with Crippen molar-refractivity contribution >= 4 is 23.5 Å². The van der Waals surface area contributed by atoms with Crippen LogP contribution in [0.1, 0.15) is 102 Å². The Bertz CT molecular complexity index is 580. The van der Waals surface area contributed by atoms with Crippen LogP contribution in [0.3, 0.4) is 0 Å². The molecule has 1 aromatic rings. The first-order chi connectivity index (χ1) is 13.8.